The van der Waals surface area contributed by atoms with Gasteiger partial charge in [-0.25, -0.2) is 8.42 Å². The zero-order valence-electron chi connectivity index (χ0n) is 15.4. The highest BCUT2D eigenvalue weighted by molar-refractivity contribution is 7.92. The van der Waals surface area contributed by atoms with E-state index in [0.29, 0.717) is 11.3 Å². The first kappa shape index (κ1) is 18.7. The number of hydrogen-bond donors (Lipinski definition) is 2. The normalized spacial score (nSPS) is 11.2. The van der Waals surface area contributed by atoms with Crippen LogP contribution in [-0.4, -0.2) is 19.0 Å². The van der Waals surface area contributed by atoms with Gasteiger partial charge in [0, 0.05) is 22.6 Å². The van der Waals surface area contributed by atoms with Crippen molar-refractivity contribution in [2.24, 2.45) is 0 Å². The lowest BCUT2D eigenvalue weighted by Gasteiger charge is -2.13. The molecule has 0 saturated carbocycles. The van der Waals surface area contributed by atoms with E-state index in [1.807, 2.05) is 32.9 Å². The summed E-state index contributed by atoms with van der Waals surface area (Å²) in [6.45, 7) is 5.67. The number of nitrogens with zero attached hydrogens (tertiary/aromatic N) is 1. The standard InChI is InChI=1S/C20H21N3O3S/c1-14-7-11-19(12-8-14)27(25,26)22-18-6-4-5-17(13-18)20(24)21-23-15(2)9-10-16(23)3/h4-13,22H,1-3H3,(H,21,24). The third kappa shape index (κ3) is 4.20. The SMILES string of the molecule is Cc1ccc(S(=O)(=O)Nc2cccc(C(=O)Nn3c(C)ccc3C)c2)cc1. The summed E-state index contributed by atoms with van der Waals surface area (Å²) in [5, 5.41) is 0. The number of carbonyl (C=O) groups excluding carboxylic acids is 1. The Morgan fingerprint density at radius 1 is 0.889 bits per heavy atom. The zero-order valence-corrected chi connectivity index (χ0v) is 16.2. The van der Waals surface area contributed by atoms with Crippen LogP contribution in [0.4, 0.5) is 5.69 Å². The van der Waals surface area contributed by atoms with Gasteiger partial charge in [-0.1, -0.05) is 23.8 Å². The lowest BCUT2D eigenvalue weighted by atomic mass is 10.2. The summed E-state index contributed by atoms with van der Waals surface area (Å²) in [4.78, 5) is 12.7. The summed E-state index contributed by atoms with van der Waals surface area (Å²) in [6.07, 6.45) is 0. The van der Waals surface area contributed by atoms with E-state index in [1.165, 1.54) is 6.07 Å². The van der Waals surface area contributed by atoms with Crippen LogP contribution in [0.2, 0.25) is 0 Å². The van der Waals surface area contributed by atoms with Gasteiger partial charge in [0.25, 0.3) is 15.9 Å². The zero-order chi connectivity index (χ0) is 19.6. The molecule has 6 nitrogen and oxygen atoms in total. The van der Waals surface area contributed by atoms with E-state index in [9.17, 15) is 13.2 Å². The Balaban J connectivity index is 1.81. The molecule has 1 heterocycles. The monoisotopic (exact) mass is 383 g/mol. The predicted molar refractivity (Wildman–Crippen MR) is 106 cm³/mol. The molecular formula is C20H21N3O3S. The average molecular weight is 383 g/mol. The smallest absolute Gasteiger partial charge is 0.270 e. The van der Waals surface area contributed by atoms with Gasteiger partial charge in [0.15, 0.2) is 0 Å². The van der Waals surface area contributed by atoms with Crippen LogP contribution >= 0.6 is 0 Å². The molecule has 2 aromatic carbocycles. The van der Waals surface area contributed by atoms with Crippen molar-refractivity contribution in [2.45, 2.75) is 25.7 Å². The van der Waals surface area contributed by atoms with Crippen molar-refractivity contribution >= 4 is 21.6 Å². The number of rotatable bonds is 5. The molecule has 0 aliphatic heterocycles. The van der Waals surface area contributed by atoms with Crippen LogP contribution in [-0.2, 0) is 10.0 Å². The largest absolute Gasteiger partial charge is 0.280 e. The number of anilines is 1. The topological polar surface area (TPSA) is 80.2 Å². The second kappa shape index (κ2) is 7.28. The van der Waals surface area contributed by atoms with Gasteiger partial charge in [0.2, 0.25) is 0 Å². The van der Waals surface area contributed by atoms with Crippen LogP contribution in [0.3, 0.4) is 0 Å². The number of sulfonamides is 1. The fourth-order valence-electron chi connectivity index (χ4n) is 2.67. The van der Waals surface area contributed by atoms with Crippen molar-refractivity contribution < 1.29 is 13.2 Å². The second-order valence-electron chi connectivity index (χ2n) is 6.39. The Morgan fingerprint density at radius 2 is 1.52 bits per heavy atom. The van der Waals surface area contributed by atoms with Crippen LogP contribution in [0.5, 0.6) is 0 Å². The molecule has 27 heavy (non-hydrogen) atoms. The highest BCUT2D eigenvalue weighted by Crippen LogP contribution is 2.18. The summed E-state index contributed by atoms with van der Waals surface area (Å²) in [6, 6.07) is 16.8. The molecule has 3 rings (SSSR count). The average Bonchev–Trinajstić information content (AvgIpc) is 2.94. The van der Waals surface area contributed by atoms with Crippen molar-refractivity contribution in [3.8, 4) is 0 Å². The highest BCUT2D eigenvalue weighted by Gasteiger charge is 2.15. The summed E-state index contributed by atoms with van der Waals surface area (Å²) in [5.41, 5.74) is 6.26. The molecule has 0 unspecified atom stereocenters. The minimum atomic E-state index is -3.72. The quantitative estimate of drug-likeness (QED) is 0.706. The number of aromatic nitrogens is 1. The fourth-order valence-corrected chi connectivity index (χ4v) is 3.72. The number of hydrogen-bond acceptors (Lipinski definition) is 3. The molecule has 0 fully saturated rings. The van der Waals surface area contributed by atoms with E-state index in [-0.39, 0.29) is 10.8 Å². The minimum absolute atomic E-state index is 0.168. The maximum Gasteiger partial charge on any atom is 0.270 e. The number of carbonyl (C=O) groups is 1. The second-order valence-corrected chi connectivity index (χ2v) is 8.07. The lowest BCUT2D eigenvalue weighted by molar-refractivity contribution is 0.101. The summed E-state index contributed by atoms with van der Waals surface area (Å²) in [7, 11) is -3.72. The molecule has 0 aliphatic rings. The fraction of sp³-hybridized carbons (Fsp3) is 0.150. The molecular weight excluding hydrogens is 362 g/mol. The maximum absolute atomic E-state index is 12.5. The van der Waals surface area contributed by atoms with Crippen LogP contribution < -0.4 is 10.1 Å². The molecule has 0 bridgehead atoms. The Bertz CT molecular complexity index is 1060. The van der Waals surface area contributed by atoms with Crippen LogP contribution in [0, 0.1) is 20.8 Å². The van der Waals surface area contributed by atoms with Gasteiger partial charge < -0.3 is 0 Å². The van der Waals surface area contributed by atoms with Gasteiger partial charge in [-0.15, -0.1) is 0 Å². The molecule has 1 aromatic heterocycles. The number of nitrogens with one attached hydrogen (secondary N) is 2. The van der Waals surface area contributed by atoms with E-state index in [1.54, 1.807) is 47.1 Å². The first-order valence-electron chi connectivity index (χ1n) is 8.42. The van der Waals surface area contributed by atoms with Crippen molar-refractivity contribution in [1.82, 2.24) is 4.68 Å². The molecule has 0 aliphatic carbocycles. The van der Waals surface area contributed by atoms with E-state index in [0.717, 1.165) is 17.0 Å². The van der Waals surface area contributed by atoms with E-state index < -0.39 is 10.0 Å². The molecule has 2 N–H and O–H groups in total. The van der Waals surface area contributed by atoms with Crippen LogP contribution in [0.25, 0.3) is 0 Å². The summed E-state index contributed by atoms with van der Waals surface area (Å²) in [5.74, 6) is -0.325. The Morgan fingerprint density at radius 3 is 2.15 bits per heavy atom. The van der Waals surface area contributed by atoms with Gasteiger partial charge in [0.05, 0.1) is 4.90 Å². The minimum Gasteiger partial charge on any atom is -0.280 e. The van der Waals surface area contributed by atoms with Crippen molar-refractivity contribution in [3.05, 3.63) is 83.2 Å². The van der Waals surface area contributed by atoms with E-state index in [4.69, 9.17) is 0 Å². The Kier molecular flexibility index (Phi) is 5.05. The van der Waals surface area contributed by atoms with Crippen molar-refractivity contribution in [1.29, 1.82) is 0 Å². The third-order valence-electron chi connectivity index (χ3n) is 4.19. The van der Waals surface area contributed by atoms with E-state index >= 15 is 0 Å². The molecule has 7 heteroatoms. The van der Waals surface area contributed by atoms with Gasteiger partial charge in [-0.3, -0.25) is 19.6 Å². The first-order chi connectivity index (χ1) is 12.8. The Labute approximate surface area is 158 Å². The predicted octanol–water partition coefficient (Wildman–Crippen LogP) is 3.60. The highest BCUT2D eigenvalue weighted by atomic mass is 32.2. The summed E-state index contributed by atoms with van der Waals surface area (Å²) >= 11 is 0. The third-order valence-corrected chi connectivity index (χ3v) is 5.59. The molecule has 0 radical (unpaired) electrons. The summed E-state index contributed by atoms with van der Waals surface area (Å²) < 4.78 is 29.3. The lowest BCUT2D eigenvalue weighted by Crippen LogP contribution is -2.24. The van der Waals surface area contributed by atoms with Gasteiger partial charge in [-0.05, 0) is 63.2 Å². The molecule has 1 amide bonds. The Hall–Kier alpha value is -3.06. The van der Waals surface area contributed by atoms with Crippen molar-refractivity contribution in [2.75, 3.05) is 10.1 Å². The number of benzene rings is 2. The van der Waals surface area contributed by atoms with Gasteiger partial charge in [0.1, 0.15) is 0 Å². The molecule has 0 spiro atoms. The van der Waals surface area contributed by atoms with Gasteiger partial charge in [-0.2, -0.15) is 0 Å². The van der Waals surface area contributed by atoms with Crippen LogP contribution in [0.1, 0.15) is 27.3 Å². The molecule has 0 atom stereocenters. The number of aryl methyl sites for hydroxylation is 3. The molecule has 0 saturated heterocycles. The first-order valence-corrected chi connectivity index (χ1v) is 9.90. The van der Waals surface area contributed by atoms with Crippen LogP contribution in [0.15, 0.2) is 65.6 Å². The van der Waals surface area contributed by atoms with Gasteiger partial charge >= 0.3 is 0 Å². The molecule has 3 aromatic rings. The van der Waals surface area contributed by atoms with Crippen molar-refractivity contribution in [3.63, 3.8) is 0 Å². The maximum atomic E-state index is 12.5. The van der Waals surface area contributed by atoms with E-state index in [2.05, 4.69) is 10.1 Å². The molecule has 140 valence electrons. The number of amides is 1.